The van der Waals surface area contributed by atoms with Crippen LogP contribution in [0.3, 0.4) is 0 Å². The predicted molar refractivity (Wildman–Crippen MR) is 121 cm³/mol. The Hall–Kier alpha value is -4.13. The number of nitrogens with zero attached hydrogens (tertiary/aromatic N) is 3. The van der Waals surface area contributed by atoms with E-state index in [-0.39, 0.29) is 11.7 Å². The Morgan fingerprint density at radius 2 is 1.97 bits per heavy atom. The third-order valence-electron chi connectivity index (χ3n) is 5.62. The zero-order valence-electron chi connectivity index (χ0n) is 17.3. The molecule has 3 aromatic rings. The maximum absolute atomic E-state index is 11.3. The van der Waals surface area contributed by atoms with E-state index in [4.69, 9.17) is 14.6 Å². The van der Waals surface area contributed by atoms with E-state index in [9.17, 15) is 10.1 Å². The normalized spacial score (nSPS) is 18.8. The number of hydrogen-bond acceptors (Lipinski definition) is 6. The number of benzene rings is 3. The monoisotopic (exact) mass is 427 g/mol. The fourth-order valence-electron chi connectivity index (χ4n) is 4.12. The van der Waals surface area contributed by atoms with Crippen molar-refractivity contribution in [1.82, 2.24) is 5.01 Å². The minimum Gasteiger partial charge on any atom is -0.490 e. The maximum Gasteiger partial charge on any atom is 0.269 e. The molecule has 5 rings (SSSR count). The third kappa shape index (κ3) is 3.58. The molecule has 0 aromatic heterocycles. The Balaban J connectivity index is 1.51. The first-order valence-electron chi connectivity index (χ1n) is 10.3. The van der Waals surface area contributed by atoms with Crippen LogP contribution in [-0.4, -0.2) is 22.3 Å². The molecule has 0 spiro atoms. The predicted octanol–water partition coefficient (Wildman–Crippen LogP) is 5.40. The van der Waals surface area contributed by atoms with Gasteiger partial charge in [-0.15, -0.1) is 0 Å². The molecule has 2 atom stereocenters. The number of ether oxygens (including phenoxy) is 2. The third-order valence-corrected chi connectivity index (χ3v) is 5.62. The summed E-state index contributed by atoms with van der Waals surface area (Å²) in [7, 11) is 0. The van der Waals surface area contributed by atoms with Gasteiger partial charge in [0.2, 0.25) is 6.23 Å². The second kappa shape index (κ2) is 8.19. The highest BCUT2D eigenvalue weighted by molar-refractivity contribution is 6.02. The highest BCUT2D eigenvalue weighted by atomic mass is 16.6. The summed E-state index contributed by atoms with van der Waals surface area (Å²) in [6, 6.07) is 22.2. The van der Waals surface area contributed by atoms with Crippen LogP contribution in [0, 0.1) is 10.1 Å². The molecule has 0 radical (unpaired) electrons. The van der Waals surface area contributed by atoms with E-state index < -0.39 is 11.2 Å². The summed E-state index contributed by atoms with van der Waals surface area (Å²) in [6.45, 7) is 4.12. The minimum atomic E-state index is -0.553. The van der Waals surface area contributed by atoms with Gasteiger partial charge in [0.15, 0.2) is 0 Å². The van der Waals surface area contributed by atoms with Gasteiger partial charge in [0.25, 0.3) is 5.69 Å². The standard InChI is InChI=1S/C25H21N3O4/c1-2-14-31-20-12-10-17(11-13-20)22-16-23-21-8-3-4-9-24(21)32-25(27(23)26-22)18-6-5-7-19(15-18)28(29)30/h2-13,15,23,25H,1,14,16H2. The Kier molecular flexibility index (Phi) is 5.07. The average Bonchev–Trinajstić information content (AvgIpc) is 3.28. The van der Waals surface area contributed by atoms with Crippen LogP contribution in [0.2, 0.25) is 0 Å². The zero-order valence-corrected chi connectivity index (χ0v) is 17.3. The van der Waals surface area contributed by atoms with E-state index in [0.717, 1.165) is 28.3 Å². The van der Waals surface area contributed by atoms with E-state index in [1.54, 1.807) is 18.2 Å². The number of rotatable bonds is 6. The lowest BCUT2D eigenvalue weighted by Crippen LogP contribution is -2.33. The van der Waals surface area contributed by atoms with Crippen LogP contribution in [0.15, 0.2) is 90.6 Å². The largest absolute Gasteiger partial charge is 0.490 e. The second-order valence-electron chi connectivity index (χ2n) is 7.63. The van der Waals surface area contributed by atoms with Gasteiger partial charge in [-0.3, -0.25) is 10.1 Å². The molecule has 2 unspecified atom stereocenters. The van der Waals surface area contributed by atoms with Crippen molar-refractivity contribution in [2.45, 2.75) is 18.7 Å². The number of para-hydroxylation sites is 1. The molecule has 0 N–H and O–H groups in total. The van der Waals surface area contributed by atoms with Gasteiger partial charge in [-0.25, -0.2) is 5.01 Å². The second-order valence-corrected chi connectivity index (χ2v) is 7.63. The average molecular weight is 427 g/mol. The fraction of sp³-hybridized carbons (Fsp3) is 0.160. The van der Waals surface area contributed by atoms with Crippen LogP contribution in [0.4, 0.5) is 5.69 Å². The van der Waals surface area contributed by atoms with Gasteiger partial charge in [0, 0.05) is 29.7 Å². The summed E-state index contributed by atoms with van der Waals surface area (Å²) in [4.78, 5) is 10.9. The molecule has 0 saturated carbocycles. The van der Waals surface area contributed by atoms with Crippen molar-refractivity contribution in [2.24, 2.45) is 5.10 Å². The summed E-state index contributed by atoms with van der Waals surface area (Å²) in [5.41, 5.74) is 3.71. The Labute approximate surface area is 185 Å². The van der Waals surface area contributed by atoms with Crippen molar-refractivity contribution in [1.29, 1.82) is 0 Å². The van der Waals surface area contributed by atoms with Crippen molar-refractivity contribution in [3.8, 4) is 11.5 Å². The van der Waals surface area contributed by atoms with Crippen molar-refractivity contribution in [3.63, 3.8) is 0 Å². The number of hydrogen-bond donors (Lipinski definition) is 0. The van der Waals surface area contributed by atoms with Crippen LogP contribution in [-0.2, 0) is 0 Å². The highest BCUT2D eigenvalue weighted by Gasteiger charge is 2.41. The minimum absolute atomic E-state index is 0.0177. The van der Waals surface area contributed by atoms with Crippen LogP contribution >= 0.6 is 0 Å². The number of non-ortho nitro benzene ring substituents is 1. The number of hydrazone groups is 1. The van der Waals surface area contributed by atoms with E-state index >= 15 is 0 Å². The summed E-state index contributed by atoms with van der Waals surface area (Å²) < 4.78 is 11.9. The molecule has 2 aliphatic rings. The van der Waals surface area contributed by atoms with Crippen LogP contribution < -0.4 is 9.47 Å². The molecule has 2 heterocycles. The first-order chi connectivity index (χ1) is 15.6. The van der Waals surface area contributed by atoms with E-state index in [2.05, 4.69) is 6.58 Å². The van der Waals surface area contributed by atoms with Gasteiger partial charge < -0.3 is 9.47 Å². The SMILES string of the molecule is C=CCOc1ccc(C2=NN3C(C2)c2ccccc2OC3c2cccc([N+](=O)[O-])c2)cc1. The van der Waals surface area contributed by atoms with Gasteiger partial charge in [-0.05, 0) is 35.9 Å². The molecule has 2 aliphatic heterocycles. The Bertz CT molecular complexity index is 1210. The van der Waals surface area contributed by atoms with Crippen molar-refractivity contribution in [2.75, 3.05) is 6.61 Å². The maximum atomic E-state index is 11.3. The van der Waals surface area contributed by atoms with E-state index in [1.807, 2.05) is 59.6 Å². The summed E-state index contributed by atoms with van der Waals surface area (Å²) in [5.74, 6) is 1.54. The first-order valence-corrected chi connectivity index (χ1v) is 10.3. The van der Waals surface area contributed by atoms with Gasteiger partial charge in [-0.2, -0.15) is 5.10 Å². The van der Waals surface area contributed by atoms with E-state index in [1.165, 1.54) is 6.07 Å². The lowest BCUT2D eigenvalue weighted by Gasteiger charge is -2.38. The molecular weight excluding hydrogens is 406 g/mol. The van der Waals surface area contributed by atoms with Crippen molar-refractivity contribution in [3.05, 3.63) is 112 Å². The van der Waals surface area contributed by atoms with Crippen LogP contribution in [0.1, 0.15) is 35.4 Å². The molecule has 32 heavy (non-hydrogen) atoms. The highest BCUT2D eigenvalue weighted by Crippen LogP contribution is 2.47. The molecular formula is C25H21N3O4. The summed E-state index contributed by atoms with van der Waals surface area (Å²) >= 11 is 0. The molecule has 0 bridgehead atoms. The molecule has 7 nitrogen and oxygen atoms in total. The number of fused-ring (bicyclic) bond motifs is 3. The van der Waals surface area contributed by atoms with Crippen molar-refractivity contribution >= 4 is 11.4 Å². The zero-order chi connectivity index (χ0) is 22.1. The van der Waals surface area contributed by atoms with Crippen LogP contribution in [0.25, 0.3) is 0 Å². The van der Waals surface area contributed by atoms with Crippen LogP contribution in [0.5, 0.6) is 11.5 Å². The topological polar surface area (TPSA) is 77.2 Å². The smallest absolute Gasteiger partial charge is 0.269 e. The quantitative estimate of drug-likeness (QED) is 0.299. The lowest BCUT2D eigenvalue weighted by molar-refractivity contribution is -0.385. The molecule has 0 amide bonds. The summed E-state index contributed by atoms with van der Waals surface area (Å²) in [6.07, 6.45) is 1.86. The Morgan fingerprint density at radius 1 is 1.16 bits per heavy atom. The number of nitro benzene ring substituents is 1. The molecule has 0 aliphatic carbocycles. The molecule has 7 heteroatoms. The molecule has 3 aromatic carbocycles. The summed E-state index contributed by atoms with van der Waals surface area (Å²) in [5, 5.41) is 18.1. The fourth-order valence-corrected chi connectivity index (χ4v) is 4.12. The lowest BCUT2D eigenvalue weighted by atomic mass is 9.96. The molecule has 0 fully saturated rings. The van der Waals surface area contributed by atoms with Gasteiger partial charge in [0.05, 0.1) is 16.7 Å². The van der Waals surface area contributed by atoms with Gasteiger partial charge >= 0.3 is 0 Å². The Morgan fingerprint density at radius 3 is 2.75 bits per heavy atom. The van der Waals surface area contributed by atoms with Gasteiger partial charge in [-0.1, -0.05) is 43.0 Å². The van der Waals surface area contributed by atoms with Crippen molar-refractivity contribution < 1.29 is 14.4 Å². The molecule has 0 saturated heterocycles. The first kappa shape index (κ1) is 19.8. The van der Waals surface area contributed by atoms with Gasteiger partial charge in [0.1, 0.15) is 18.1 Å². The number of nitro groups is 1. The van der Waals surface area contributed by atoms with E-state index in [0.29, 0.717) is 18.6 Å². The molecule has 160 valence electrons.